The summed E-state index contributed by atoms with van der Waals surface area (Å²) in [5, 5.41) is 12.7. The van der Waals surface area contributed by atoms with Crippen LogP contribution in [0.25, 0.3) is 0 Å². The maximum Gasteiger partial charge on any atom is 0.0524 e. The van der Waals surface area contributed by atoms with Crippen LogP contribution in [0.2, 0.25) is 0 Å². The van der Waals surface area contributed by atoms with Crippen LogP contribution in [0.15, 0.2) is 0 Å². The fraction of sp³-hybridized carbons (Fsp3) is 1.00. The van der Waals surface area contributed by atoms with E-state index in [4.69, 9.17) is 5.11 Å². The minimum Gasteiger partial charge on any atom is -0.393 e. The van der Waals surface area contributed by atoms with Crippen molar-refractivity contribution >= 4 is 0 Å². The second kappa shape index (κ2) is 5.13. The molecule has 84 valence electrons. The highest BCUT2D eigenvalue weighted by Crippen LogP contribution is 2.34. The van der Waals surface area contributed by atoms with E-state index in [0.717, 1.165) is 13.0 Å². The molecule has 14 heavy (non-hydrogen) atoms. The van der Waals surface area contributed by atoms with Gasteiger partial charge in [0, 0.05) is 6.04 Å². The molecule has 0 bridgehead atoms. The second-order valence-electron chi connectivity index (χ2n) is 5.55. The van der Waals surface area contributed by atoms with Crippen LogP contribution in [0, 0.1) is 5.41 Å². The third-order valence-electron chi connectivity index (χ3n) is 3.20. The molecule has 1 aliphatic rings. The topological polar surface area (TPSA) is 32.3 Å². The Balaban J connectivity index is 2.18. The molecule has 0 aliphatic heterocycles. The van der Waals surface area contributed by atoms with Crippen molar-refractivity contribution in [3.8, 4) is 0 Å². The van der Waals surface area contributed by atoms with Gasteiger partial charge in [0.15, 0.2) is 0 Å². The smallest absolute Gasteiger partial charge is 0.0524 e. The highest BCUT2D eigenvalue weighted by atomic mass is 16.3. The van der Waals surface area contributed by atoms with Gasteiger partial charge in [-0.15, -0.1) is 0 Å². The summed E-state index contributed by atoms with van der Waals surface area (Å²) in [6, 6.07) is 0.678. The predicted molar refractivity (Wildman–Crippen MR) is 60.3 cm³/mol. The molecule has 2 nitrogen and oxygen atoms in total. The molecule has 0 aromatic rings. The Morgan fingerprint density at radius 1 is 1.50 bits per heavy atom. The molecule has 2 atom stereocenters. The van der Waals surface area contributed by atoms with Crippen LogP contribution < -0.4 is 5.32 Å². The summed E-state index contributed by atoms with van der Waals surface area (Å²) >= 11 is 0. The van der Waals surface area contributed by atoms with Gasteiger partial charge in [0.2, 0.25) is 0 Å². The van der Waals surface area contributed by atoms with Crippen molar-refractivity contribution in [2.45, 2.75) is 65.0 Å². The van der Waals surface area contributed by atoms with Crippen molar-refractivity contribution in [1.29, 1.82) is 0 Å². The summed E-state index contributed by atoms with van der Waals surface area (Å²) in [5.74, 6) is 0. The van der Waals surface area contributed by atoms with E-state index in [1.54, 1.807) is 0 Å². The summed E-state index contributed by atoms with van der Waals surface area (Å²) in [5.41, 5.74) is 0.515. The molecule has 1 fully saturated rings. The SMILES string of the molecule is C[C@@H](O)CCN[C@H]1CCCC(C)(C)C1. The molecule has 0 heterocycles. The number of rotatable bonds is 4. The van der Waals surface area contributed by atoms with Gasteiger partial charge >= 0.3 is 0 Å². The number of hydrogen-bond donors (Lipinski definition) is 2. The van der Waals surface area contributed by atoms with E-state index in [2.05, 4.69) is 19.2 Å². The van der Waals surface area contributed by atoms with Crippen molar-refractivity contribution in [2.75, 3.05) is 6.54 Å². The van der Waals surface area contributed by atoms with E-state index < -0.39 is 0 Å². The van der Waals surface area contributed by atoms with Crippen molar-refractivity contribution in [2.24, 2.45) is 5.41 Å². The zero-order valence-electron chi connectivity index (χ0n) is 9.84. The van der Waals surface area contributed by atoms with Gasteiger partial charge in [0.25, 0.3) is 0 Å². The fourth-order valence-corrected chi connectivity index (χ4v) is 2.37. The van der Waals surface area contributed by atoms with Crippen molar-refractivity contribution in [1.82, 2.24) is 5.32 Å². The third-order valence-corrected chi connectivity index (χ3v) is 3.20. The summed E-state index contributed by atoms with van der Waals surface area (Å²) in [4.78, 5) is 0. The third kappa shape index (κ3) is 4.43. The van der Waals surface area contributed by atoms with Crippen molar-refractivity contribution in [3.63, 3.8) is 0 Å². The first kappa shape index (κ1) is 12.0. The molecule has 1 aliphatic carbocycles. The van der Waals surface area contributed by atoms with Gasteiger partial charge in [-0.25, -0.2) is 0 Å². The molecular formula is C12H25NO. The molecular weight excluding hydrogens is 174 g/mol. The zero-order chi connectivity index (χ0) is 10.6. The van der Waals surface area contributed by atoms with E-state index in [1.807, 2.05) is 6.92 Å². The van der Waals surface area contributed by atoms with Crippen molar-refractivity contribution in [3.05, 3.63) is 0 Å². The standard InChI is InChI=1S/C12H25NO/c1-10(14)6-8-13-11-5-4-7-12(2,3)9-11/h10-11,13-14H,4-9H2,1-3H3/t10-,11+/m1/s1. The lowest BCUT2D eigenvalue weighted by Gasteiger charge is -2.35. The molecule has 2 N–H and O–H groups in total. The molecule has 0 unspecified atom stereocenters. The van der Waals surface area contributed by atoms with Gasteiger partial charge < -0.3 is 10.4 Å². The van der Waals surface area contributed by atoms with Gasteiger partial charge in [0.05, 0.1) is 6.10 Å². The van der Waals surface area contributed by atoms with Gasteiger partial charge in [-0.05, 0) is 44.6 Å². The Hall–Kier alpha value is -0.0800. The van der Waals surface area contributed by atoms with Crippen LogP contribution in [0.3, 0.4) is 0 Å². The summed E-state index contributed by atoms with van der Waals surface area (Å²) < 4.78 is 0. The van der Waals surface area contributed by atoms with Gasteiger partial charge in [-0.3, -0.25) is 0 Å². The van der Waals surface area contributed by atoms with Crippen LogP contribution in [0.5, 0.6) is 0 Å². The Labute approximate surface area is 88.1 Å². The monoisotopic (exact) mass is 199 g/mol. The van der Waals surface area contributed by atoms with Crippen LogP contribution >= 0.6 is 0 Å². The summed E-state index contributed by atoms with van der Waals surface area (Å²) in [6.07, 6.45) is 6.01. The zero-order valence-corrected chi connectivity index (χ0v) is 9.84. The average molecular weight is 199 g/mol. The summed E-state index contributed by atoms with van der Waals surface area (Å²) in [7, 11) is 0. The molecule has 0 spiro atoms. The molecule has 2 heteroatoms. The van der Waals surface area contributed by atoms with E-state index in [0.29, 0.717) is 11.5 Å². The first-order valence-corrected chi connectivity index (χ1v) is 5.91. The second-order valence-corrected chi connectivity index (χ2v) is 5.55. The Bertz CT molecular complexity index is 166. The lowest BCUT2D eigenvalue weighted by Crippen LogP contribution is -2.38. The molecule has 0 radical (unpaired) electrons. The average Bonchev–Trinajstić information content (AvgIpc) is 2.01. The lowest BCUT2D eigenvalue weighted by atomic mass is 9.75. The molecule has 1 saturated carbocycles. The van der Waals surface area contributed by atoms with E-state index in [-0.39, 0.29) is 6.10 Å². The molecule has 0 saturated heterocycles. The lowest BCUT2D eigenvalue weighted by molar-refractivity contribution is 0.169. The minimum absolute atomic E-state index is 0.167. The first-order chi connectivity index (χ1) is 6.49. The minimum atomic E-state index is -0.167. The van der Waals surface area contributed by atoms with Crippen molar-refractivity contribution < 1.29 is 5.11 Å². The van der Waals surface area contributed by atoms with Crippen LogP contribution in [0.4, 0.5) is 0 Å². The molecule has 1 rings (SSSR count). The predicted octanol–water partition coefficient (Wildman–Crippen LogP) is 2.32. The van der Waals surface area contributed by atoms with Crippen LogP contribution in [0.1, 0.15) is 52.9 Å². The number of nitrogens with one attached hydrogen (secondary N) is 1. The largest absolute Gasteiger partial charge is 0.393 e. The van der Waals surface area contributed by atoms with Gasteiger partial charge in [-0.2, -0.15) is 0 Å². The summed E-state index contributed by atoms with van der Waals surface area (Å²) in [6.45, 7) is 7.52. The van der Waals surface area contributed by atoms with E-state index in [9.17, 15) is 0 Å². The van der Waals surface area contributed by atoms with Crippen LogP contribution in [-0.2, 0) is 0 Å². The highest BCUT2D eigenvalue weighted by Gasteiger charge is 2.27. The Morgan fingerprint density at radius 3 is 2.79 bits per heavy atom. The van der Waals surface area contributed by atoms with Gasteiger partial charge in [0.1, 0.15) is 0 Å². The Morgan fingerprint density at radius 2 is 2.21 bits per heavy atom. The molecule has 0 aromatic heterocycles. The number of aliphatic hydroxyl groups excluding tert-OH is 1. The Kier molecular flexibility index (Phi) is 4.39. The number of aliphatic hydroxyl groups is 1. The van der Waals surface area contributed by atoms with Crippen LogP contribution in [-0.4, -0.2) is 23.8 Å². The molecule has 0 amide bonds. The van der Waals surface area contributed by atoms with Gasteiger partial charge in [-0.1, -0.05) is 20.3 Å². The maximum atomic E-state index is 9.14. The highest BCUT2D eigenvalue weighted by molar-refractivity contribution is 4.83. The van der Waals surface area contributed by atoms with E-state index in [1.165, 1.54) is 25.7 Å². The maximum absolute atomic E-state index is 9.14. The molecule has 0 aromatic carbocycles. The quantitative estimate of drug-likeness (QED) is 0.728. The first-order valence-electron chi connectivity index (χ1n) is 5.91. The van der Waals surface area contributed by atoms with E-state index >= 15 is 0 Å². The normalized spacial score (nSPS) is 28.7. The number of hydrogen-bond acceptors (Lipinski definition) is 2. The fourth-order valence-electron chi connectivity index (χ4n) is 2.37.